The minimum atomic E-state index is -0.291. The van der Waals surface area contributed by atoms with Crippen molar-refractivity contribution < 1.29 is 4.79 Å². The first kappa shape index (κ1) is 17.4. The number of anilines is 1. The molecule has 4 aromatic rings. The van der Waals surface area contributed by atoms with E-state index in [-0.39, 0.29) is 11.8 Å². The van der Waals surface area contributed by atoms with Gasteiger partial charge < -0.3 is 16.0 Å². The van der Waals surface area contributed by atoms with Crippen molar-refractivity contribution in [2.45, 2.75) is 12.3 Å². The summed E-state index contributed by atoms with van der Waals surface area (Å²) in [7, 11) is 0. The van der Waals surface area contributed by atoms with Crippen LogP contribution in [0.25, 0.3) is 22.3 Å². The van der Waals surface area contributed by atoms with Crippen LogP contribution in [0, 0.1) is 0 Å². The number of H-pyrrole nitrogens is 1. The number of hydrogen-bond acceptors (Lipinski definition) is 5. The maximum atomic E-state index is 12.8. The van der Waals surface area contributed by atoms with E-state index in [0.29, 0.717) is 18.1 Å². The molecule has 3 heterocycles. The zero-order valence-corrected chi connectivity index (χ0v) is 15.4. The van der Waals surface area contributed by atoms with E-state index in [9.17, 15) is 4.79 Å². The molecule has 0 spiro atoms. The fraction of sp³-hybridized carbons (Fsp3) is 0.150. The molecule has 27 heavy (non-hydrogen) atoms. The number of nitrogens with zero attached hydrogens (tertiary/aromatic N) is 2. The molecule has 0 bridgehead atoms. The molecule has 136 valence electrons. The molecule has 4 rings (SSSR count). The number of pyridine rings is 1. The van der Waals surface area contributed by atoms with Crippen molar-refractivity contribution in [3.63, 3.8) is 0 Å². The monoisotopic (exact) mass is 377 g/mol. The summed E-state index contributed by atoms with van der Waals surface area (Å²) < 4.78 is 0. The van der Waals surface area contributed by atoms with Crippen molar-refractivity contribution in [3.05, 3.63) is 65.8 Å². The van der Waals surface area contributed by atoms with Crippen LogP contribution < -0.4 is 11.1 Å². The van der Waals surface area contributed by atoms with E-state index < -0.39 is 0 Å². The van der Waals surface area contributed by atoms with Crippen LogP contribution in [0.15, 0.2) is 60.2 Å². The average molecular weight is 377 g/mol. The Morgan fingerprint density at radius 2 is 2.07 bits per heavy atom. The second-order valence-electron chi connectivity index (χ2n) is 6.17. The van der Waals surface area contributed by atoms with Crippen LogP contribution in [-0.2, 0) is 4.79 Å². The van der Waals surface area contributed by atoms with Gasteiger partial charge in [-0.15, -0.1) is 11.3 Å². The molecule has 0 saturated carbocycles. The molecule has 6 nitrogen and oxygen atoms in total. The van der Waals surface area contributed by atoms with E-state index in [4.69, 9.17) is 5.73 Å². The summed E-state index contributed by atoms with van der Waals surface area (Å²) in [4.78, 5) is 24.8. The minimum absolute atomic E-state index is 0.0897. The average Bonchev–Trinajstić information content (AvgIpc) is 3.33. The van der Waals surface area contributed by atoms with Gasteiger partial charge in [-0.1, -0.05) is 30.3 Å². The predicted octanol–water partition coefficient (Wildman–Crippen LogP) is 3.76. The summed E-state index contributed by atoms with van der Waals surface area (Å²) in [6, 6.07) is 13.6. The van der Waals surface area contributed by atoms with Gasteiger partial charge in [-0.3, -0.25) is 4.79 Å². The summed E-state index contributed by atoms with van der Waals surface area (Å²) in [5.41, 5.74) is 9.27. The van der Waals surface area contributed by atoms with E-state index >= 15 is 0 Å². The Labute approximate surface area is 160 Å². The van der Waals surface area contributed by atoms with Gasteiger partial charge in [0.05, 0.1) is 11.6 Å². The molecule has 1 atom stereocenters. The maximum absolute atomic E-state index is 12.8. The number of nitrogens with two attached hydrogens (primary N) is 1. The lowest BCUT2D eigenvalue weighted by atomic mass is 9.95. The van der Waals surface area contributed by atoms with Crippen LogP contribution in [0.4, 0.5) is 5.13 Å². The Morgan fingerprint density at radius 1 is 1.22 bits per heavy atom. The first-order valence-corrected chi connectivity index (χ1v) is 9.58. The number of fused-ring (bicyclic) bond motifs is 1. The van der Waals surface area contributed by atoms with Gasteiger partial charge in [-0.25, -0.2) is 9.97 Å². The molecule has 7 heteroatoms. The van der Waals surface area contributed by atoms with Gasteiger partial charge in [0.25, 0.3) is 0 Å². The molecular formula is C20H19N5OS. The standard InChI is InChI=1S/C20H19N5OS/c21-9-8-14(13-5-2-1-3-6-13)19(26)25-20-24-17(12-27-20)16-11-23-18-15(16)7-4-10-22-18/h1-7,10-12,14H,8-9,21H2,(H,22,23)(H,24,25,26). The van der Waals surface area contributed by atoms with Crippen LogP contribution in [0.2, 0.25) is 0 Å². The molecule has 0 aliphatic heterocycles. The Balaban J connectivity index is 1.55. The molecule has 0 fully saturated rings. The second-order valence-corrected chi connectivity index (χ2v) is 7.03. The van der Waals surface area contributed by atoms with Gasteiger partial charge in [-0.2, -0.15) is 0 Å². The third kappa shape index (κ3) is 3.60. The number of carbonyl (C=O) groups is 1. The largest absolute Gasteiger partial charge is 0.345 e. The number of thiazole rings is 1. The molecule has 3 aromatic heterocycles. The quantitative estimate of drug-likeness (QED) is 0.477. The van der Waals surface area contributed by atoms with E-state index in [2.05, 4.69) is 20.3 Å². The lowest BCUT2D eigenvalue weighted by Crippen LogP contribution is -2.23. The highest BCUT2D eigenvalue weighted by molar-refractivity contribution is 7.14. The maximum Gasteiger partial charge on any atom is 0.233 e. The Bertz CT molecular complexity index is 1060. The molecular weight excluding hydrogens is 358 g/mol. The molecule has 1 amide bonds. The number of hydrogen-bond donors (Lipinski definition) is 3. The highest BCUT2D eigenvalue weighted by Gasteiger charge is 2.21. The summed E-state index contributed by atoms with van der Waals surface area (Å²) in [5, 5.41) is 6.46. The third-order valence-electron chi connectivity index (χ3n) is 4.44. The van der Waals surface area contributed by atoms with Crippen molar-refractivity contribution in [2.24, 2.45) is 5.73 Å². The first-order chi connectivity index (χ1) is 13.3. The van der Waals surface area contributed by atoms with Crippen LogP contribution in [-0.4, -0.2) is 27.4 Å². The molecule has 0 aliphatic rings. The molecule has 4 N–H and O–H groups in total. The fourth-order valence-corrected chi connectivity index (χ4v) is 3.83. The van der Waals surface area contributed by atoms with Crippen LogP contribution in [0.5, 0.6) is 0 Å². The summed E-state index contributed by atoms with van der Waals surface area (Å²) in [6.07, 6.45) is 4.22. The number of rotatable bonds is 6. The van der Waals surface area contributed by atoms with Gasteiger partial charge in [0.2, 0.25) is 5.91 Å². The van der Waals surface area contributed by atoms with Crippen LogP contribution in [0.3, 0.4) is 0 Å². The van der Waals surface area contributed by atoms with Gasteiger partial charge in [0.1, 0.15) is 5.65 Å². The van der Waals surface area contributed by atoms with Gasteiger partial charge >= 0.3 is 0 Å². The van der Waals surface area contributed by atoms with Crippen molar-refractivity contribution in [3.8, 4) is 11.3 Å². The highest BCUT2D eigenvalue weighted by atomic mass is 32.1. The van der Waals surface area contributed by atoms with E-state index in [0.717, 1.165) is 27.9 Å². The SMILES string of the molecule is NCCC(C(=O)Nc1nc(-c2c[nH]c3ncccc23)cs1)c1ccccc1. The van der Waals surface area contributed by atoms with Gasteiger partial charge in [0.15, 0.2) is 5.13 Å². The lowest BCUT2D eigenvalue weighted by molar-refractivity contribution is -0.117. The van der Waals surface area contributed by atoms with E-state index in [1.54, 1.807) is 6.20 Å². The Kier molecular flexibility index (Phi) is 4.95. The summed E-state index contributed by atoms with van der Waals surface area (Å²) >= 11 is 1.41. The van der Waals surface area contributed by atoms with Crippen molar-refractivity contribution in [1.82, 2.24) is 15.0 Å². The second kappa shape index (κ2) is 7.69. The number of benzene rings is 1. The van der Waals surface area contributed by atoms with Crippen LogP contribution in [0.1, 0.15) is 17.9 Å². The fourth-order valence-electron chi connectivity index (χ4n) is 3.12. The number of aromatic amines is 1. The summed E-state index contributed by atoms with van der Waals surface area (Å²) in [5.74, 6) is -0.381. The number of aromatic nitrogens is 3. The molecule has 1 unspecified atom stereocenters. The number of amides is 1. The topological polar surface area (TPSA) is 96.7 Å². The smallest absolute Gasteiger partial charge is 0.233 e. The van der Waals surface area contributed by atoms with Crippen molar-refractivity contribution in [2.75, 3.05) is 11.9 Å². The highest BCUT2D eigenvalue weighted by Crippen LogP contribution is 2.31. The molecule has 0 saturated heterocycles. The van der Waals surface area contributed by atoms with Gasteiger partial charge in [-0.05, 0) is 30.7 Å². The van der Waals surface area contributed by atoms with Gasteiger partial charge in [0, 0.05) is 28.7 Å². The third-order valence-corrected chi connectivity index (χ3v) is 5.19. The van der Waals surface area contributed by atoms with E-state index in [1.807, 2.05) is 54.0 Å². The van der Waals surface area contributed by atoms with Crippen molar-refractivity contribution >= 4 is 33.4 Å². The zero-order valence-electron chi connectivity index (χ0n) is 14.6. The van der Waals surface area contributed by atoms with Crippen LogP contribution >= 0.6 is 11.3 Å². The molecule has 0 radical (unpaired) electrons. The number of nitrogens with one attached hydrogen (secondary N) is 2. The lowest BCUT2D eigenvalue weighted by Gasteiger charge is -2.15. The molecule has 1 aromatic carbocycles. The first-order valence-electron chi connectivity index (χ1n) is 8.70. The Hall–Kier alpha value is -3.03. The van der Waals surface area contributed by atoms with Crippen molar-refractivity contribution in [1.29, 1.82) is 0 Å². The molecule has 0 aliphatic carbocycles. The number of carbonyl (C=O) groups excluding carboxylic acids is 1. The normalized spacial score (nSPS) is 12.2. The zero-order chi connectivity index (χ0) is 18.6. The Morgan fingerprint density at radius 3 is 2.89 bits per heavy atom. The van der Waals surface area contributed by atoms with E-state index in [1.165, 1.54) is 11.3 Å². The minimum Gasteiger partial charge on any atom is -0.345 e. The summed E-state index contributed by atoms with van der Waals surface area (Å²) in [6.45, 7) is 0.443. The predicted molar refractivity (Wildman–Crippen MR) is 109 cm³/mol.